The number of hydrogen-bond donors (Lipinski definition) is 1. The number of benzene rings is 2. The molecule has 0 heterocycles. The lowest BCUT2D eigenvalue weighted by molar-refractivity contribution is 0.280. The highest BCUT2D eigenvalue weighted by molar-refractivity contribution is 6.35. The van der Waals surface area contributed by atoms with Crippen LogP contribution in [0, 0.1) is 0 Å². The van der Waals surface area contributed by atoms with Crippen LogP contribution in [0.25, 0.3) is 0 Å². The summed E-state index contributed by atoms with van der Waals surface area (Å²) >= 11 is 12.4. The first-order valence-electron chi connectivity index (χ1n) is 7.48. The lowest BCUT2D eigenvalue weighted by Crippen LogP contribution is -2.22. The number of methoxy groups -OCH3 is 1. The average molecular weight is 354 g/mol. The van der Waals surface area contributed by atoms with E-state index in [1.54, 1.807) is 19.2 Å². The third kappa shape index (κ3) is 4.77. The molecule has 0 aliphatic carbocycles. The van der Waals surface area contributed by atoms with Gasteiger partial charge in [-0.1, -0.05) is 55.2 Å². The Balaban J connectivity index is 2.23. The summed E-state index contributed by atoms with van der Waals surface area (Å²) in [5.41, 5.74) is 1.80. The summed E-state index contributed by atoms with van der Waals surface area (Å²) in [6, 6.07) is 11.6. The summed E-state index contributed by atoms with van der Waals surface area (Å²) in [5.74, 6) is 1.40. The van der Waals surface area contributed by atoms with Gasteiger partial charge in [0, 0.05) is 33.8 Å². The second kappa shape index (κ2) is 8.44. The Morgan fingerprint density at radius 3 is 2.30 bits per heavy atom. The highest BCUT2D eigenvalue weighted by Gasteiger charge is 2.13. The molecule has 0 bridgehead atoms. The predicted octanol–water partition coefficient (Wildman–Crippen LogP) is 5.08. The maximum Gasteiger partial charge on any atom is 0.166 e. The van der Waals surface area contributed by atoms with E-state index in [4.69, 9.17) is 32.7 Å². The molecule has 3 nitrogen and oxygen atoms in total. The van der Waals surface area contributed by atoms with Gasteiger partial charge in [0.15, 0.2) is 11.5 Å². The summed E-state index contributed by atoms with van der Waals surface area (Å²) in [5, 5.41) is 4.57. The van der Waals surface area contributed by atoms with Gasteiger partial charge in [-0.25, -0.2) is 0 Å². The van der Waals surface area contributed by atoms with Crippen LogP contribution < -0.4 is 14.8 Å². The number of hydrogen-bond acceptors (Lipinski definition) is 3. The van der Waals surface area contributed by atoms with Gasteiger partial charge in [0.1, 0.15) is 6.61 Å². The van der Waals surface area contributed by atoms with Crippen molar-refractivity contribution in [1.29, 1.82) is 0 Å². The SMILES string of the molecule is COc1cccc(CNC(C)C)c1OCc1c(Cl)cccc1Cl. The van der Waals surface area contributed by atoms with Gasteiger partial charge in [-0.05, 0) is 18.2 Å². The molecule has 0 atom stereocenters. The minimum Gasteiger partial charge on any atom is -0.493 e. The van der Waals surface area contributed by atoms with E-state index in [1.807, 2.05) is 24.3 Å². The normalized spacial score (nSPS) is 10.9. The molecule has 0 aliphatic heterocycles. The van der Waals surface area contributed by atoms with Crippen LogP contribution in [0.2, 0.25) is 10.0 Å². The lowest BCUT2D eigenvalue weighted by atomic mass is 10.1. The molecule has 2 aromatic carbocycles. The topological polar surface area (TPSA) is 30.5 Å². The van der Waals surface area contributed by atoms with Gasteiger partial charge in [0.05, 0.1) is 7.11 Å². The smallest absolute Gasteiger partial charge is 0.166 e. The zero-order valence-electron chi connectivity index (χ0n) is 13.5. The summed E-state index contributed by atoms with van der Waals surface area (Å²) in [4.78, 5) is 0. The van der Waals surface area contributed by atoms with Crippen LogP contribution in [0.3, 0.4) is 0 Å². The molecule has 0 saturated heterocycles. The standard InChI is InChI=1S/C18H21Cl2NO2/c1-12(2)21-10-13-6-4-9-17(22-3)18(13)23-11-14-15(19)7-5-8-16(14)20/h4-9,12,21H,10-11H2,1-3H3. The molecule has 2 rings (SSSR count). The Morgan fingerprint density at radius 1 is 1.04 bits per heavy atom. The van der Waals surface area contributed by atoms with Crippen molar-refractivity contribution in [3.63, 3.8) is 0 Å². The van der Waals surface area contributed by atoms with Gasteiger partial charge < -0.3 is 14.8 Å². The molecule has 0 fully saturated rings. The fourth-order valence-electron chi connectivity index (χ4n) is 2.15. The van der Waals surface area contributed by atoms with E-state index in [-0.39, 0.29) is 6.61 Å². The number of ether oxygens (including phenoxy) is 2. The Bertz CT molecular complexity index is 639. The minimum atomic E-state index is 0.285. The first kappa shape index (κ1) is 17.9. The molecule has 124 valence electrons. The van der Waals surface area contributed by atoms with Crippen molar-refractivity contribution in [1.82, 2.24) is 5.32 Å². The first-order chi connectivity index (χ1) is 11.0. The van der Waals surface area contributed by atoms with Gasteiger partial charge in [-0.2, -0.15) is 0 Å². The fraction of sp³-hybridized carbons (Fsp3) is 0.333. The van der Waals surface area contributed by atoms with Crippen molar-refractivity contribution in [3.05, 3.63) is 57.6 Å². The minimum absolute atomic E-state index is 0.285. The number of halogens is 2. The third-order valence-corrected chi connectivity index (χ3v) is 4.11. The molecule has 2 aromatic rings. The van der Waals surface area contributed by atoms with Crippen LogP contribution in [-0.2, 0) is 13.2 Å². The van der Waals surface area contributed by atoms with E-state index in [1.165, 1.54) is 0 Å². The van der Waals surface area contributed by atoms with E-state index < -0.39 is 0 Å². The molecule has 0 aliphatic rings. The molecular formula is C18H21Cl2NO2. The Hall–Kier alpha value is -1.42. The summed E-state index contributed by atoms with van der Waals surface area (Å²) in [7, 11) is 1.63. The van der Waals surface area contributed by atoms with Crippen LogP contribution in [0.15, 0.2) is 36.4 Å². The average Bonchev–Trinajstić information content (AvgIpc) is 2.52. The molecule has 0 spiro atoms. The van der Waals surface area contributed by atoms with E-state index in [0.29, 0.717) is 34.1 Å². The van der Waals surface area contributed by atoms with Crippen molar-refractivity contribution < 1.29 is 9.47 Å². The second-order valence-corrected chi connectivity index (χ2v) is 6.29. The van der Waals surface area contributed by atoms with Crippen LogP contribution in [0.1, 0.15) is 25.0 Å². The molecule has 0 unspecified atom stereocenters. The van der Waals surface area contributed by atoms with Crippen molar-refractivity contribution >= 4 is 23.2 Å². The molecule has 0 radical (unpaired) electrons. The second-order valence-electron chi connectivity index (χ2n) is 5.47. The van der Waals surface area contributed by atoms with Crippen molar-refractivity contribution in [3.8, 4) is 11.5 Å². The molecule has 23 heavy (non-hydrogen) atoms. The molecule has 0 aromatic heterocycles. The Kier molecular flexibility index (Phi) is 6.58. The fourth-order valence-corrected chi connectivity index (χ4v) is 2.66. The highest BCUT2D eigenvalue weighted by Crippen LogP contribution is 2.33. The van der Waals surface area contributed by atoms with Crippen molar-refractivity contribution in [2.45, 2.75) is 33.0 Å². The van der Waals surface area contributed by atoms with Gasteiger partial charge in [0.25, 0.3) is 0 Å². The highest BCUT2D eigenvalue weighted by atomic mass is 35.5. The van der Waals surface area contributed by atoms with Crippen LogP contribution in [0.5, 0.6) is 11.5 Å². The lowest BCUT2D eigenvalue weighted by Gasteiger charge is -2.17. The molecular weight excluding hydrogens is 333 g/mol. The molecule has 0 saturated carbocycles. The summed E-state index contributed by atoms with van der Waals surface area (Å²) in [6.45, 7) is 5.18. The van der Waals surface area contributed by atoms with Gasteiger partial charge in [0.2, 0.25) is 0 Å². The molecule has 1 N–H and O–H groups in total. The predicted molar refractivity (Wildman–Crippen MR) is 95.8 cm³/mol. The summed E-state index contributed by atoms with van der Waals surface area (Å²) in [6.07, 6.45) is 0. The maximum absolute atomic E-state index is 6.20. The van der Waals surface area contributed by atoms with E-state index in [9.17, 15) is 0 Å². The van der Waals surface area contributed by atoms with Crippen molar-refractivity contribution in [2.75, 3.05) is 7.11 Å². The van der Waals surface area contributed by atoms with Gasteiger partial charge >= 0.3 is 0 Å². The van der Waals surface area contributed by atoms with Crippen LogP contribution >= 0.6 is 23.2 Å². The van der Waals surface area contributed by atoms with Gasteiger partial charge in [-0.15, -0.1) is 0 Å². The van der Waals surface area contributed by atoms with E-state index in [2.05, 4.69) is 19.2 Å². The maximum atomic E-state index is 6.20. The zero-order chi connectivity index (χ0) is 16.8. The quantitative estimate of drug-likeness (QED) is 0.752. The number of rotatable bonds is 7. The van der Waals surface area contributed by atoms with E-state index in [0.717, 1.165) is 11.1 Å². The summed E-state index contributed by atoms with van der Waals surface area (Å²) < 4.78 is 11.4. The van der Waals surface area contributed by atoms with Crippen LogP contribution in [0.4, 0.5) is 0 Å². The van der Waals surface area contributed by atoms with Gasteiger partial charge in [-0.3, -0.25) is 0 Å². The number of nitrogens with one attached hydrogen (secondary N) is 1. The monoisotopic (exact) mass is 353 g/mol. The zero-order valence-corrected chi connectivity index (χ0v) is 15.0. The largest absolute Gasteiger partial charge is 0.493 e. The van der Waals surface area contributed by atoms with E-state index >= 15 is 0 Å². The third-order valence-electron chi connectivity index (χ3n) is 3.40. The van der Waals surface area contributed by atoms with Crippen LogP contribution in [-0.4, -0.2) is 13.2 Å². The molecule has 5 heteroatoms. The Labute approximate surface area is 147 Å². The van der Waals surface area contributed by atoms with Crippen molar-refractivity contribution in [2.24, 2.45) is 0 Å². The first-order valence-corrected chi connectivity index (χ1v) is 8.23. The Morgan fingerprint density at radius 2 is 1.70 bits per heavy atom. The molecule has 0 amide bonds. The number of para-hydroxylation sites is 1.